The van der Waals surface area contributed by atoms with Crippen LogP contribution in [0.4, 0.5) is 0 Å². The van der Waals surface area contributed by atoms with Crippen molar-refractivity contribution in [3.05, 3.63) is 124 Å². The van der Waals surface area contributed by atoms with Gasteiger partial charge in [-0.3, -0.25) is 9.59 Å². The van der Waals surface area contributed by atoms with Gasteiger partial charge in [0, 0.05) is 28.3 Å². The smallest absolute Gasteiger partial charge is 0.197 e. The summed E-state index contributed by atoms with van der Waals surface area (Å²) in [6, 6.07) is 30.9. The SMILES string of the molecule is COc1cc(Oc2ccccc2)cc2c(=O)c3cc4[nH]c5cc(Oc6ccccc6)ccc5c(=O)c4cc3[nH]c12. The number of benzene rings is 5. The molecule has 7 aromatic rings. The van der Waals surface area contributed by atoms with Crippen LogP contribution in [0, 0.1) is 0 Å². The standard InChI is InChI=1S/C33H22N2O5/c1-38-30-16-22(40-20-10-6-3-7-11-20)14-26-31(30)35-29-18-24-28(17-25(29)33(26)37)34-27-15-21(12-13-23(27)32(24)36)39-19-8-4-2-5-9-19/h2-18H,1H3,(H,34,36)(H,35,37). The molecule has 0 spiro atoms. The molecule has 0 aliphatic rings. The number of rotatable bonds is 5. The van der Waals surface area contributed by atoms with Gasteiger partial charge < -0.3 is 24.2 Å². The predicted molar refractivity (Wildman–Crippen MR) is 157 cm³/mol. The van der Waals surface area contributed by atoms with Crippen molar-refractivity contribution in [2.45, 2.75) is 0 Å². The maximum atomic E-state index is 13.8. The largest absolute Gasteiger partial charge is 0.494 e. The second-order valence-electron chi connectivity index (χ2n) is 9.44. The van der Waals surface area contributed by atoms with Gasteiger partial charge in [0.15, 0.2) is 10.9 Å². The van der Waals surface area contributed by atoms with Crippen LogP contribution in [-0.4, -0.2) is 17.1 Å². The topological polar surface area (TPSA) is 93.4 Å². The molecule has 0 fully saturated rings. The van der Waals surface area contributed by atoms with Gasteiger partial charge >= 0.3 is 0 Å². The Kier molecular flexibility index (Phi) is 5.49. The highest BCUT2D eigenvalue weighted by molar-refractivity contribution is 6.03. The summed E-state index contributed by atoms with van der Waals surface area (Å²) in [6.45, 7) is 0. The van der Waals surface area contributed by atoms with Crippen LogP contribution >= 0.6 is 0 Å². The first-order chi connectivity index (χ1) is 19.6. The quantitative estimate of drug-likeness (QED) is 0.230. The van der Waals surface area contributed by atoms with E-state index in [2.05, 4.69) is 9.97 Å². The Morgan fingerprint density at radius 3 is 1.73 bits per heavy atom. The molecule has 2 heterocycles. The molecule has 40 heavy (non-hydrogen) atoms. The molecule has 2 aromatic heterocycles. The van der Waals surface area contributed by atoms with E-state index < -0.39 is 0 Å². The molecule has 194 valence electrons. The summed E-state index contributed by atoms with van der Waals surface area (Å²) in [7, 11) is 1.54. The molecule has 0 radical (unpaired) electrons. The van der Waals surface area contributed by atoms with Crippen molar-refractivity contribution >= 4 is 43.6 Å². The van der Waals surface area contributed by atoms with E-state index in [1.54, 1.807) is 42.5 Å². The van der Waals surface area contributed by atoms with Crippen LogP contribution < -0.4 is 25.1 Å². The highest BCUT2D eigenvalue weighted by Crippen LogP contribution is 2.33. The Balaban J connectivity index is 1.40. The van der Waals surface area contributed by atoms with Gasteiger partial charge in [-0.05, 0) is 54.6 Å². The minimum atomic E-state index is -0.204. The van der Waals surface area contributed by atoms with Crippen molar-refractivity contribution in [3.8, 4) is 28.7 Å². The first-order valence-corrected chi connectivity index (χ1v) is 12.7. The third kappa shape index (κ3) is 4.01. The lowest BCUT2D eigenvalue weighted by Gasteiger charge is -2.12. The number of ether oxygens (including phenoxy) is 3. The molecule has 5 aromatic carbocycles. The lowest BCUT2D eigenvalue weighted by Crippen LogP contribution is -2.09. The van der Waals surface area contributed by atoms with Crippen molar-refractivity contribution in [2.24, 2.45) is 0 Å². The predicted octanol–water partition coefficient (Wildman–Crippen LogP) is 7.27. The second-order valence-corrected chi connectivity index (χ2v) is 9.44. The van der Waals surface area contributed by atoms with Crippen molar-refractivity contribution in [2.75, 3.05) is 7.11 Å². The van der Waals surface area contributed by atoms with Gasteiger partial charge in [-0.25, -0.2) is 0 Å². The second kappa shape index (κ2) is 9.32. The summed E-state index contributed by atoms with van der Waals surface area (Å²) < 4.78 is 17.5. The number of methoxy groups -OCH3 is 1. The van der Waals surface area contributed by atoms with Crippen molar-refractivity contribution in [1.29, 1.82) is 0 Å². The minimum Gasteiger partial charge on any atom is -0.494 e. The number of pyridine rings is 2. The van der Waals surface area contributed by atoms with Crippen LogP contribution in [0.5, 0.6) is 28.7 Å². The zero-order valence-corrected chi connectivity index (χ0v) is 21.4. The number of para-hydroxylation sites is 2. The van der Waals surface area contributed by atoms with Gasteiger partial charge in [-0.1, -0.05) is 36.4 Å². The molecule has 2 N–H and O–H groups in total. The fourth-order valence-electron chi connectivity index (χ4n) is 5.01. The highest BCUT2D eigenvalue weighted by atomic mass is 16.5. The van der Waals surface area contributed by atoms with E-state index in [0.717, 1.165) is 0 Å². The van der Waals surface area contributed by atoms with Crippen molar-refractivity contribution < 1.29 is 14.2 Å². The number of hydrogen-bond donors (Lipinski definition) is 2. The molecule has 0 aliphatic carbocycles. The minimum absolute atomic E-state index is 0.142. The van der Waals surface area contributed by atoms with Crippen LogP contribution in [0.15, 0.2) is 113 Å². The number of aromatic nitrogens is 2. The van der Waals surface area contributed by atoms with Crippen molar-refractivity contribution in [3.63, 3.8) is 0 Å². The van der Waals surface area contributed by atoms with Crippen LogP contribution in [0.25, 0.3) is 43.6 Å². The summed E-state index contributed by atoms with van der Waals surface area (Å²) in [4.78, 5) is 33.9. The van der Waals surface area contributed by atoms with E-state index in [0.29, 0.717) is 72.4 Å². The fraction of sp³-hybridized carbons (Fsp3) is 0.0303. The Labute approximate surface area is 227 Å². The third-order valence-electron chi connectivity index (χ3n) is 6.91. The molecule has 7 nitrogen and oxygen atoms in total. The Hall–Kier alpha value is -5.56. The number of fused-ring (bicyclic) bond motifs is 4. The molecule has 7 heteroatoms. The zero-order valence-electron chi connectivity index (χ0n) is 21.4. The average Bonchev–Trinajstić information content (AvgIpc) is 2.98. The lowest BCUT2D eigenvalue weighted by atomic mass is 10.0. The molecule has 0 bridgehead atoms. The number of hydrogen-bond acceptors (Lipinski definition) is 5. The van der Waals surface area contributed by atoms with E-state index in [4.69, 9.17) is 14.2 Å². The first-order valence-electron chi connectivity index (χ1n) is 12.7. The molecular formula is C33H22N2O5. The van der Waals surface area contributed by atoms with E-state index >= 15 is 0 Å². The van der Waals surface area contributed by atoms with Gasteiger partial charge in [0.2, 0.25) is 0 Å². The summed E-state index contributed by atoms with van der Waals surface area (Å²) in [5.74, 6) is 2.87. The van der Waals surface area contributed by atoms with E-state index in [-0.39, 0.29) is 10.9 Å². The third-order valence-corrected chi connectivity index (χ3v) is 6.91. The highest BCUT2D eigenvalue weighted by Gasteiger charge is 2.15. The summed E-state index contributed by atoms with van der Waals surface area (Å²) in [6.07, 6.45) is 0. The van der Waals surface area contributed by atoms with E-state index in [1.165, 1.54) is 7.11 Å². The Morgan fingerprint density at radius 2 is 1.07 bits per heavy atom. The zero-order chi connectivity index (χ0) is 27.2. The average molecular weight is 527 g/mol. The fourth-order valence-corrected chi connectivity index (χ4v) is 5.01. The summed E-state index contributed by atoms with van der Waals surface area (Å²) in [5.41, 5.74) is 1.88. The lowest BCUT2D eigenvalue weighted by molar-refractivity contribution is 0.413. The maximum Gasteiger partial charge on any atom is 0.197 e. The number of aromatic amines is 2. The monoisotopic (exact) mass is 526 g/mol. The number of nitrogens with one attached hydrogen (secondary N) is 2. The first kappa shape index (κ1) is 23.5. The Morgan fingerprint density at radius 1 is 0.500 bits per heavy atom. The molecule has 0 aliphatic heterocycles. The maximum absolute atomic E-state index is 13.8. The van der Waals surface area contributed by atoms with E-state index in [9.17, 15) is 9.59 Å². The van der Waals surface area contributed by atoms with Crippen LogP contribution in [0.1, 0.15) is 0 Å². The normalized spacial score (nSPS) is 11.3. The van der Waals surface area contributed by atoms with Gasteiger partial charge in [-0.2, -0.15) is 0 Å². The van der Waals surface area contributed by atoms with Gasteiger partial charge in [-0.15, -0.1) is 0 Å². The molecule has 0 amide bonds. The summed E-state index contributed by atoms with van der Waals surface area (Å²) in [5, 5.41) is 1.84. The summed E-state index contributed by atoms with van der Waals surface area (Å²) >= 11 is 0. The van der Waals surface area contributed by atoms with Gasteiger partial charge in [0.05, 0.1) is 34.6 Å². The molecule has 0 unspecified atom stereocenters. The Bertz CT molecular complexity index is 2190. The molecule has 0 atom stereocenters. The van der Waals surface area contributed by atoms with E-state index in [1.807, 2.05) is 60.7 Å². The molecule has 7 rings (SSSR count). The van der Waals surface area contributed by atoms with Crippen LogP contribution in [0.3, 0.4) is 0 Å². The molecule has 0 saturated heterocycles. The van der Waals surface area contributed by atoms with Gasteiger partial charge in [0.25, 0.3) is 0 Å². The number of H-pyrrole nitrogens is 2. The van der Waals surface area contributed by atoms with Crippen LogP contribution in [-0.2, 0) is 0 Å². The van der Waals surface area contributed by atoms with Crippen LogP contribution in [0.2, 0.25) is 0 Å². The van der Waals surface area contributed by atoms with Gasteiger partial charge in [0.1, 0.15) is 28.7 Å². The van der Waals surface area contributed by atoms with Crippen molar-refractivity contribution in [1.82, 2.24) is 9.97 Å². The molecule has 0 saturated carbocycles. The molecular weight excluding hydrogens is 504 g/mol.